The molecule has 1 N–H and O–H groups in total. The summed E-state index contributed by atoms with van der Waals surface area (Å²) >= 11 is 0. The summed E-state index contributed by atoms with van der Waals surface area (Å²) in [6.07, 6.45) is 3.62. The van der Waals surface area contributed by atoms with Crippen molar-refractivity contribution in [2.45, 2.75) is 19.3 Å². The molecule has 0 aromatic carbocycles. The van der Waals surface area contributed by atoms with Crippen LogP contribution >= 0.6 is 0 Å². The van der Waals surface area contributed by atoms with Crippen LogP contribution in [0, 0.1) is 0 Å². The first kappa shape index (κ1) is 9.26. The number of aromatic amines is 1. The van der Waals surface area contributed by atoms with E-state index in [1.54, 1.807) is 6.33 Å². The van der Waals surface area contributed by atoms with Crippen molar-refractivity contribution >= 4 is 0 Å². The molecule has 1 heterocycles. The van der Waals surface area contributed by atoms with Crippen LogP contribution in [0.3, 0.4) is 0 Å². The lowest BCUT2D eigenvalue weighted by atomic mass is 9.89. The van der Waals surface area contributed by atoms with Crippen molar-refractivity contribution in [2.24, 2.45) is 0 Å². The number of hydrogen-bond acceptors (Lipinski definition) is 2. The zero-order valence-electron chi connectivity index (χ0n) is 8.26. The van der Waals surface area contributed by atoms with Crippen LogP contribution in [0.1, 0.15) is 19.5 Å². The zero-order chi connectivity index (χ0) is 9.19. The summed E-state index contributed by atoms with van der Waals surface area (Å²) in [5.74, 6) is 0. The van der Waals surface area contributed by atoms with Gasteiger partial charge in [-0.2, -0.15) is 0 Å². The van der Waals surface area contributed by atoms with Crippen molar-refractivity contribution in [1.82, 2.24) is 14.9 Å². The maximum atomic E-state index is 4.02. The Kier molecular flexibility index (Phi) is 2.52. The second kappa shape index (κ2) is 3.27. The van der Waals surface area contributed by atoms with Crippen molar-refractivity contribution in [3.8, 4) is 0 Å². The van der Waals surface area contributed by atoms with E-state index in [-0.39, 0.29) is 5.41 Å². The number of imidazole rings is 1. The third-order valence-electron chi connectivity index (χ3n) is 1.94. The fraction of sp³-hybridized carbons (Fsp3) is 0.667. The Labute approximate surface area is 73.8 Å². The van der Waals surface area contributed by atoms with Gasteiger partial charge in [0.25, 0.3) is 0 Å². The van der Waals surface area contributed by atoms with Crippen molar-refractivity contribution in [3.63, 3.8) is 0 Å². The highest BCUT2D eigenvalue weighted by Gasteiger charge is 2.22. The molecule has 1 aromatic heterocycles. The van der Waals surface area contributed by atoms with E-state index in [2.05, 4.69) is 42.8 Å². The van der Waals surface area contributed by atoms with E-state index >= 15 is 0 Å². The van der Waals surface area contributed by atoms with E-state index in [0.717, 1.165) is 6.54 Å². The molecule has 1 rings (SSSR count). The van der Waals surface area contributed by atoms with E-state index in [4.69, 9.17) is 0 Å². The standard InChI is InChI=1S/C9H17N3/c1-9(2,6-12(3)4)8-5-10-7-11-8/h5,7H,6H2,1-4H3,(H,10,11). The Balaban J connectivity index is 2.72. The van der Waals surface area contributed by atoms with Crippen molar-refractivity contribution < 1.29 is 0 Å². The van der Waals surface area contributed by atoms with Crippen LogP contribution < -0.4 is 0 Å². The first-order valence-corrected chi connectivity index (χ1v) is 4.16. The zero-order valence-corrected chi connectivity index (χ0v) is 8.26. The highest BCUT2D eigenvalue weighted by atomic mass is 15.1. The fourth-order valence-electron chi connectivity index (χ4n) is 1.50. The largest absolute Gasteiger partial charge is 0.348 e. The Bertz CT molecular complexity index is 224. The normalized spacial score (nSPS) is 12.4. The molecule has 1 aromatic rings. The lowest BCUT2D eigenvalue weighted by Crippen LogP contribution is -2.32. The van der Waals surface area contributed by atoms with Gasteiger partial charge in [-0.15, -0.1) is 0 Å². The number of hydrogen-bond donors (Lipinski definition) is 1. The first-order valence-electron chi connectivity index (χ1n) is 4.16. The van der Waals surface area contributed by atoms with Gasteiger partial charge >= 0.3 is 0 Å². The summed E-state index contributed by atoms with van der Waals surface area (Å²) in [6.45, 7) is 5.44. The first-order chi connectivity index (χ1) is 5.52. The van der Waals surface area contributed by atoms with Gasteiger partial charge in [-0.25, -0.2) is 4.98 Å². The second-order valence-electron chi connectivity index (χ2n) is 4.09. The molecular formula is C9H17N3. The molecule has 0 amide bonds. The van der Waals surface area contributed by atoms with Gasteiger partial charge in [-0.1, -0.05) is 13.8 Å². The Morgan fingerprint density at radius 2 is 2.17 bits per heavy atom. The van der Waals surface area contributed by atoms with Gasteiger partial charge in [0.05, 0.1) is 6.33 Å². The Morgan fingerprint density at radius 1 is 1.50 bits per heavy atom. The van der Waals surface area contributed by atoms with Crippen LogP contribution in [0.4, 0.5) is 0 Å². The third kappa shape index (κ3) is 2.08. The molecule has 0 saturated heterocycles. The van der Waals surface area contributed by atoms with Crippen LogP contribution in [0.25, 0.3) is 0 Å². The predicted octanol–water partition coefficient (Wildman–Crippen LogP) is 1.25. The molecule has 0 fully saturated rings. The molecular weight excluding hydrogens is 150 g/mol. The maximum Gasteiger partial charge on any atom is 0.0921 e. The molecule has 0 aliphatic rings. The van der Waals surface area contributed by atoms with Gasteiger partial charge in [-0.3, -0.25) is 0 Å². The summed E-state index contributed by atoms with van der Waals surface area (Å²) in [7, 11) is 4.16. The molecule has 3 heteroatoms. The number of likely N-dealkylation sites (N-methyl/N-ethyl adjacent to an activating group) is 1. The number of H-pyrrole nitrogens is 1. The summed E-state index contributed by atoms with van der Waals surface area (Å²) in [5.41, 5.74) is 1.34. The smallest absolute Gasteiger partial charge is 0.0921 e. The summed E-state index contributed by atoms with van der Waals surface area (Å²) in [4.78, 5) is 9.35. The predicted molar refractivity (Wildman–Crippen MR) is 50.2 cm³/mol. The minimum absolute atomic E-state index is 0.153. The molecule has 0 spiro atoms. The van der Waals surface area contributed by atoms with Crippen LogP contribution in [0.2, 0.25) is 0 Å². The van der Waals surface area contributed by atoms with E-state index in [0.29, 0.717) is 0 Å². The van der Waals surface area contributed by atoms with Gasteiger partial charge < -0.3 is 9.88 Å². The van der Waals surface area contributed by atoms with Gasteiger partial charge in [0, 0.05) is 23.9 Å². The molecule has 0 bridgehead atoms. The summed E-state index contributed by atoms with van der Waals surface area (Å²) in [6, 6.07) is 0. The average molecular weight is 167 g/mol. The number of rotatable bonds is 3. The highest BCUT2D eigenvalue weighted by Crippen LogP contribution is 2.20. The highest BCUT2D eigenvalue weighted by molar-refractivity contribution is 5.10. The van der Waals surface area contributed by atoms with Crippen molar-refractivity contribution in [3.05, 3.63) is 18.2 Å². The third-order valence-corrected chi connectivity index (χ3v) is 1.94. The van der Waals surface area contributed by atoms with E-state index in [1.807, 2.05) is 6.20 Å². The fourth-order valence-corrected chi connectivity index (χ4v) is 1.50. The van der Waals surface area contributed by atoms with Crippen LogP contribution in [0.5, 0.6) is 0 Å². The lowest BCUT2D eigenvalue weighted by Gasteiger charge is -2.26. The summed E-state index contributed by atoms with van der Waals surface area (Å²) < 4.78 is 0. The van der Waals surface area contributed by atoms with Crippen LogP contribution in [0.15, 0.2) is 12.5 Å². The van der Waals surface area contributed by atoms with E-state index in [1.165, 1.54) is 5.69 Å². The molecule has 3 nitrogen and oxygen atoms in total. The Morgan fingerprint density at radius 3 is 2.58 bits per heavy atom. The second-order valence-corrected chi connectivity index (χ2v) is 4.09. The topological polar surface area (TPSA) is 31.9 Å². The average Bonchev–Trinajstić information content (AvgIpc) is 2.32. The Hall–Kier alpha value is -0.830. The quantitative estimate of drug-likeness (QED) is 0.734. The summed E-state index contributed by atoms with van der Waals surface area (Å²) in [5, 5.41) is 0. The maximum absolute atomic E-state index is 4.02. The molecule has 0 unspecified atom stereocenters. The SMILES string of the molecule is CN(C)CC(C)(C)c1cnc[nH]1. The van der Waals surface area contributed by atoms with E-state index in [9.17, 15) is 0 Å². The monoisotopic (exact) mass is 167 g/mol. The minimum atomic E-state index is 0.153. The van der Waals surface area contributed by atoms with Gasteiger partial charge in [0.15, 0.2) is 0 Å². The van der Waals surface area contributed by atoms with Gasteiger partial charge in [-0.05, 0) is 14.1 Å². The number of nitrogens with one attached hydrogen (secondary N) is 1. The van der Waals surface area contributed by atoms with Gasteiger partial charge in [0.2, 0.25) is 0 Å². The molecule has 0 radical (unpaired) electrons. The number of nitrogens with zero attached hydrogens (tertiary/aromatic N) is 2. The molecule has 12 heavy (non-hydrogen) atoms. The van der Waals surface area contributed by atoms with Crippen LogP contribution in [-0.2, 0) is 5.41 Å². The van der Waals surface area contributed by atoms with Crippen molar-refractivity contribution in [1.29, 1.82) is 0 Å². The minimum Gasteiger partial charge on any atom is -0.348 e. The van der Waals surface area contributed by atoms with E-state index < -0.39 is 0 Å². The molecule has 0 aliphatic heterocycles. The molecule has 0 aliphatic carbocycles. The molecule has 0 saturated carbocycles. The van der Waals surface area contributed by atoms with Crippen molar-refractivity contribution in [2.75, 3.05) is 20.6 Å². The molecule has 0 atom stereocenters. The van der Waals surface area contributed by atoms with Gasteiger partial charge in [0.1, 0.15) is 0 Å². The number of aromatic nitrogens is 2. The lowest BCUT2D eigenvalue weighted by molar-refractivity contribution is 0.311. The molecule has 68 valence electrons. The van der Waals surface area contributed by atoms with Crippen LogP contribution in [-0.4, -0.2) is 35.5 Å².